The fraction of sp³-hybridized carbons (Fsp3) is 0.333. The van der Waals surface area contributed by atoms with E-state index in [1.54, 1.807) is 4.68 Å². The van der Waals surface area contributed by atoms with Crippen molar-refractivity contribution in [2.24, 2.45) is 0 Å². The van der Waals surface area contributed by atoms with Gasteiger partial charge in [-0.1, -0.05) is 64.8 Å². The largest absolute Gasteiger partial charge is 0.378 e. The van der Waals surface area contributed by atoms with Crippen molar-refractivity contribution in [1.29, 1.82) is 0 Å². The van der Waals surface area contributed by atoms with Gasteiger partial charge in [-0.25, -0.2) is 0 Å². The Kier molecular flexibility index (Phi) is 5.45. The Morgan fingerprint density at radius 1 is 1.00 bits per heavy atom. The van der Waals surface area contributed by atoms with Gasteiger partial charge in [-0.2, -0.15) is 4.68 Å². The van der Waals surface area contributed by atoms with E-state index in [1.165, 1.54) is 11.1 Å². The molecule has 5 rings (SSSR count). The number of aryl methyl sites for hydroxylation is 2. The number of ether oxygens (including phenoxy) is 1. The van der Waals surface area contributed by atoms with Crippen molar-refractivity contribution in [2.75, 3.05) is 37.7 Å². The number of aromatic nitrogens is 4. The van der Waals surface area contributed by atoms with Gasteiger partial charge in [0.05, 0.1) is 18.9 Å². The Morgan fingerprint density at radius 2 is 1.66 bits per heavy atom. The van der Waals surface area contributed by atoms with Crippen LogP contribution >= 0.6 is 0 Å². The number of hydrogen-bond acceptors (Lipinski definition) is 6. The van der Waals surface area contributed by atoms with Crippen LogP contribution in [0, 0.1) is 13.8 Å². The third-order valence-corrected chi connectivity index (χ3v) is 6.01. The van der Waals surface area contributed by atoms with Gasteiger partial charge in [0, 0.05) is 13.1 Å². The summed E-state index contributed by atoms with van der Waals surface area (Å²) in [5.74, 6) is 0.602. The molecule has 0 spiro atoms. The van der Waals surface area contributed by atoms with E-state index < -0.39 is 0 Å². The number of amides is 1. The van der Waals surface area contributed by atoms with Crippen LogP contribution in [-0.4, -0.2) is 63.9 Å². The highest BCUT2D eigenvalue weighted by Gasteiger charge is 2.33. The van der Waals surface area contributed by atoms with Crippen LogP contribution in [0.3, 0.4) is 0 Å². The van der Waals surface area contributed by atoms with Gasteiger partial charge in [0.25, 0.3) is 5.95 Å². The molecule has 1 amide bonds. The van der Waals surface area contributed by atoms with Crippen LogP contribution in [0.15, 0.2) is 54.6 Å². The molecule has 1 saturated heterocycles. The van der Waals surface area contributed by atoms with E-state index >= 15 is 0 Å². The molecule has 0 N–H and O–H groups in total. The Labute approximate surface area is 187 Å². The predicted molar refractivity (Wildman–Crippen MR) is 121 cm³/mol. The third-order valence-electron chi connectivity index (χ3n) is 6.01. The van der Waals surface area contributed by atoms with Crippen molar-refractivity contribution in [1.82, 2.24) is 25.1 Å². The van der Waals surface area contributed by atoms with Gasteiger partial charge in [-0.05, 0) is 41.5 Å². The minimum Gasteiger partial charge on any atom is -0.378 e. The number of anilines is 1. The lowest BCUT2D eigenvalue weighted by atomic mass is 9.99. The molecule has 3 heterocycles. The summed E-state index contributed by atoms with van der Waals surface area (Å²) in [6.07, 6.45) is 2.14. The number of carbonyl (C=O) groups is 1. The SMILES string of the molecule is Cc1ccc(C2=C[C@H](c3ccc(C)cc3)n3nnnc3N2CC(=O)N2CCOCC2)cc1. The lowest BCUT2D eigenvalue weighted by molar-refractivity contribution is -0.133. The summed E-state index contributed by atoms with van der Waals surface area (Å²) in [4.78, 5) is 16.9. The zero-order chi connectivity index (χ0) is 22.1. The topological polar surface area (TPSA) is 76.4 Å². The fourth-order valence-electron chi connectivity index (χ4n) is 4.15. The summed E-state index contributed by atoms with van der Waals surface area (Å²) in [7, 11) is 0. The zero-order valence-corrected chi connectivity index (χ0v) is 18.3. The molecule has 0 unspecified atom stereocenters. The molecule has 0 aliphatic carbocycles. The Bertz CT molecular complexity index is 1130. The average molecular weight is 431 g/mol. The van der Waals surface area contributed by atoms with Gasteiger partial charge in [-0.15, -0.1) is 0 Å². The standard InChI is InChI=1S/C24H26N6O2/c1-17-3-7-19(8-4-17)21-15-22(20-9-5-18(2)6-10-20)30-24(25-26-27-30)29(21)16-23(31)28-11-13-32-14-12-28/h3-10,15,22H,11-14,16H2,1-2H3/t22-/m1/s1. The van der Waals surface area contributed by atoms with Crippen molar-refractivity contribution in [3.8, 4) is 0 Å². The van der Waals surface area contributed by atoms with Crippen molar-refractivity contribution in [2.45, 2.75) is 19.9 Å². The number of carbonyl (C=O) groups excluding carboxylic acids is 1. The summed E-state index contributed by atoms with van der Waals surface area (Å²) in [6, 6.07) is 16.5. The predicted octanol–water partition coefficient (Wildman–Crippen LogP) is 2.60. The fourth-order valence-corrected chi connectivity index (χ4v) is 4.15. The molecule has 0 radical (unpaired) electrons. The van der Waals surface area contributed by atoms with Gasteiger partial charge < -0.3 is 9.64 Å². The molecule has 1 fully saturated rings. The van der Waals surface area contributed by atoms with Crippen LogP contribution in [0.2, 0.25) is 0 Å². The maximum atomic E-state index is 13.1. The normalized spacial score (nSPS) is 18.3. The lowest BCUT2D eigenvalue weighted by Crippen LogP contribution is -2.46. The van der Waals surface area contributed by atoms with E-state index in [9.17, 15) is 4.79 Å². The molecule has 2 aliphatic rings. The highest BCUT2D eigenvalue weighted by atomic mass is 16.5. The van der Waals surface area contributed by atoms with E-state index in [0.29, 0.717) is 32.3 Å². The quantitative estimate of drug-likeness (QED) is 0.633. The molecule has 164 valence electrons. The maximum absolute atomic E-state index is 13.1. The first-order valence-corrected chi connectivity index (χ1v) is 10.9. The minimum atomic E-state index is -0.161. The second kappa shape index (κ2) is 8.55. The summed E-state index contributed by atoms with van der Waals surface area (Å²) in [5.41, 5.74) is 5.42. The van der Waals surface area contributed by atoms with Gasteiger partial charge in [0.1, 0.15) is 12.6 Å². The molecular weight excluding hydrogens is 404 g/mol. The molecule has 3 aromatic rings. The highest BCUT2D eigenvalue weighted by Crippen LogP contribution is 2.36. The second-order valence-corrected chi connectivity index (χ2v) is 8.28. The van der Waals surface area contributed by atoms with Crippen LogP contribution in [0.4, 0.5) is 5.95 Å². The number of fused-ring (bicyclic) bond motifs is 1. The summed E-state index contributed by atoms with van der Waals surface area (Å²) in [5, 5.41) is 12.5. The van der Waals surface area contributed by atoms with Gasteiger partial charge in [0.2, 0.25) is 5.91 Å². The van der Waals surface area contributed by atoms with Gasteiger partial charge >= 0.3 is 0 Å². The molecule has 2 aromatic carbocycles. The van der Waals surface area contributed by atoms with E-state index in [1.807, 2.05) is 9.80 Å². The molecule has 0 bridgehead atoms. The summed E-state index contributed by atoms with van der Waals surface area (Å²) >= 11 is 0. The van der Waals surface area contributed by atoms with E-state index in [4.69, 9.17) is 4.74 Å². The molecule has 1 atom stereocenters. The smallest absolute Gasteiger partial charge is 0.251 e. The van der Waals surface area contributed by atoms with Crippen molar-refractivity contribution in [3.63, 3.8) is 0 Å². The zero-order valence-electron chi connectivity index (χ0n) is 18.3. The second-order valence-electron chi connectivity index (χ2n) is 8.28. The van der Waals surface area contributed by atoms with E-state index in [2.05, 4.69) is 84.0 Å². The monoisotopic (exact) mass is 430 g/mol. The number of nitrogens with zero attached hydrogens (tertiary/aromatic N) is 6. The molecule has 8 nitrogen and oxygen atoms in total. The Balaban J connectivity index is 1.56. The molecule has 2 aliphatic heterocycles. The molecule has 1 aromatic heterocycles. The van der Waals surface area contributed by atoms with Crippen molar-refractivity contribution in [3.05, 3.63) is 76.9 Å². The van der Waals surface area contributed by atoms with Crippen molar-refractivity contribution < 1.29 is 9.53 Å². The van der Waals surface area contributed by atoms with E-state index in [-0.39, 0.29) is 18.5 Å². The Morgan fingerprint density at radius 3 is 2.34 bits per heavy atom. The first-order chi connectivity index (χ1) is 15.6. The van der Waals surface area contributed by atoms with Crippen LogP contribution in [0.5, 0.6) is 0 Å². The highest BCUT2D eigenvalue weighted by molar-refractivity contribution is 5.89. The molecule has 0 saturated carbocycles. The van der Waals surface area contributed by atoms with Gasteiger partial charge in [-0.3, -0.25) is 9.69 Å². The number of allylic oxidation sites excluding steroid dienone is 1. The minimum absolute atomic E-state index is 0.0367. The number of hydrogen-bond donors (Lipinski definition) is 0. The van der Waals surface area contributed by atoms with Crippen LogP contribution < -0.4 is 4.90 Å². The number of benzene rings is 2. The van der Waals surface area contributed by atoms with Crippen LogP contribution in [0.25, 0.3) is 5.70 Å². The lowest BCUT2D eigenvalue weighted by Gasteiger charge is -2.35. The van der Waals surface area contributed by atoms with Crippen molar-refractivity contribution >= 4 is 17.6 Å². The first-order valence-electron chi connectivity index (χ1n) is 10.9. The van der Waals surface area contributed by atoms with Gasteiger partial charge in [0.15, 0.2) is 0 Å². The van der Waals surface area contributed by atoms with Crippen LogP contribution in [0.1, 0.15) is 28.3 Å². The summed E-state index contributed by atoms with van der Waals surface area (Å²) < 4.78 is 7.19. The molecule has 32 heavy (non-hydrogen) atoms. The number of morpholine rings is 1. The summed E-state index contributed by atoms with van der Waals surface area (Å²) in [6.45, 7) is 6.65. The first kappa shape index (κ1) is 20.4. The van der Waals surface area contributed by atoms with Crippen LogP contribution in [-0.2, 0) is 9.53 Å². The third kappa shape index (κ3) is 3.89. The molecule has 8 heteroatoms. The number of tetrazole rings is 1. The number of rotatable bonds is 4. The maximum Gasteiger partial charge on any atom is 0.251 e. The van der Waals surface area contributed by atoms with E-state index in [0.717, 1.165) is 16.8 Å². The molecular formula is C24H26N6O2. The Hall–Kier alpha value is -3.52. The average Bonchev–Trinajstić information content (AvgIpc) is 3.31.